The lowest BCUT2D eigenvalue weighted by molar-refractivity contribution is 0.0870. The minimum absolute atomic E-state index is 0.212. The predicted molar refractivity (Wildman–Crippen MR) is 60.4 cm³/mol. The van der Waals surface area contributed by atoms with Gasteiger partial charge >= 0.3 is 0 Å². The third kappa shape index (κ3) is 4.65. The Kier molecular flexibility index (Phi) is 4.37. The highest BCUT2D eigenvalue weighted by molar-refractivity contribution is 5.54. The lowest BCUT2D eigenvalue weighted by Crippen LogP contribution is -2.13. The summed E-state index contributed by atoms with van der Waals surface area (Å²) < 4.78 is 18.3. The number of hydrogen-bond acceptors (Lipinski definition) is 3. The van der Waals surface area contributed by atoms with Crippen molar-refractivity contribution in [2.45, 2.75) is 20.0 Å². The minimum Gasteiger partial charge on any atom is -0.399 e. The Labute approximate surface area is 89.4 Å². The van der Waals surface area contributed by atoms with Gasteiger partial charge in [0.05, 0.1) is 12.7 Å². The van der Waals surface area contributed by atoms with Gasteiger partial charge in [0.25, 0.3) is 0 Å². The molecule has 1 aromatic rings. The van der Waals surface area contributed by atoms with Gasteiger partial charge in [0.15, 0.2) is 0 Å². The summed E-state index contributed by atoms with van der Waals surface area (Å²) in [4.78, 5) is 0. The maximum atomic E-state index is 12.9. The van der Waals surface area contributed by atoms with E-state index < -0.39 is 0 Å². The van der Waals surface area contributed by atoms with Crippen molar-refractivity contribution in [2.75, 3.05) is 24.2 Å². The van der Waals surface area contributed by atoms with Crippen LogP contribution in [0.4, 0.5) is 15.8 Å². The number of hydrogen-bond donors (Lipinski definition) is 2. The molecule has 0 radical (unpaired) electrons. The largest absolute Gasteiger partial charge is 0.399 e. The van der Waals surface area contributed by atoms with Crippen molar-refractivity contribution in [3.8, 4) is 0 Å². The Morgan fingerprint density at radius 2 is 2.13 bits per heavy atom. The van der Waals surface area contributed by atoms with Crippen LogP contribution >= 0.6 is 0 Å². The van der Waals surface area contributed by atoms with E-state index in [1.54, 1.807) is 6.07 Å². The second-order valence-corrected chi connectivity index (χ2v) is 3.62. The van der Waals surface area contributed by atoms with Crippen LogP contribution in [-0.2, 0) is 4.74 Å². The highest BCUT2D eigenvalue weighted by Crippen LogP contribution is 2.14. The molecular weight excluding hydrogens is 195 g/mol. The summed E-state index contributed by atoms with van der Waals surface area (Å²) in [5.74, 6) is -0.331. The van der Waals surface area contributed by atoms with E-state index in [2.05, 4.69) is 5.32 Å². The average Bonchev–Trinajstić information content (AvgIpc) is 2.10. The molecule has 0 saturated heterocycles. The van der Waals surface area contributed by atoms with E-state index in [0.717, 1.165) is 0 Å². The number of ether oxygens (including phenoxy) is 1. The van der Waals surface area contributed by atoms with Gasteiger partial charge in [0, 0.05) is 17.9 Å². The number of halogens is 1. The van der Waals surface area contributed by atoms with E-state index >= 15 is 0 Å². The van der Waals surface area contributed by atoms with Gasteiger partial charge < -0.3 is 15.8 Å². The molecule has 15 heavy (non-hydrogen) atoms. The first-order valence-corrected chi connectivity index (χ1v) is 4.99. The fourth-order valence-electron chi connectivity index (χ4n) is 1.20. The molecule has 0 amide bonds. The van der Waals surface area contributed by atoms with Crippen LogP contribution in [0.2, 0.25) is 0 Å². The smallest absolute Gasteiger partial charge is 0.127 e. The minimum atomic E-state index is -0.331. The van der Waals surface area contributed by atoms with Crippen LogP contribution in [0, 0.1) is 5.82 Å². The van der Waals surface area contributed by atoms with Crippen molar-refractivity contribution in [2.24, 2.45) is 0 Å². The van der Waals surface area contributed by atoms with Gasteiger partial charge in [-0.1, -0.05) is 0 Å². The molecule has 84 valence electrons. The molecule has 1 aromatic carbocycles. The molecule has 0 heterocycles. The topological polar surface area (TPSA) is 47.3 Å². The number of benzene rings is 1. The van der Waals surface area contributed by atoms with E-state index in [9.17, 15) is 4.39 Å². The fraction of sp³-hybridized carbons (Fsp3) is 0.455. The van der Waals surface area contributed by atoms with Crippen molar-refractivity contribution in [1.29, 1.82) is 0 Å². The van der Waals surface area contributed by atoms with Crippen molar-refractivity contribution < 1.29 is 9.13 Å². The molecule has 3 N–H and O–H groups in total. The van der Waals surface area contributed by atoms with E-state index in [0.29, 0.717) is 24.5 Å². The Morgan fingerprint density at radius 1 is 1.40 bits per heavy atom. The van der Waals surface area contributed by atoms with Crippen LogP contribution < -0.4 is 11.1 Å². The van der Waals surface area contributed by atoms with Gasteiger partial charge in [-0.05, 0) is 32.0 Å². The molecule has 4 heteroatoms. The van der Waals surface area contributed by atoms with Gasteiger partial charge in [-0.3, -0.25) is 0 Å². The first-order valence-electron chi connectivity index (χ1n) is 4.99. The molecule has 3 nitrogen and oxygen atoms in total. The zero-order chi connectivity index (χ0) is 11.3. The van der Waals surface area contributed by atoms with Crippen LogP contribution in [-0.4, -0.2) is 19.3 Å². The quantitative estimate of drug-likeness (QED) is 0.581. The molecule has 0 aliphatic heterocycles. The molecule has 0 aliphatic rings. The summed E-state index contributed by atoms with van der Waals surface area (Å²) in [6.45, 7) is 5.18. The average molecular weight is 212 g/mol. The summed E-state index contributed by atoms with van der Waals surface area (Å²) in [6, 6.07) is 4.39. The van der Waals surface area contributed by atoms with Crippen LogP contribution in [0.25, 0.3) is 0 Å². The van der Waals surface area contributed by atoms with Crippen molar-refractivity contribution in [1.82, 2.24) is 0 Å². The van der Waals surface area contributed by atoms with Crippen molar-refractivity contribution in [3.05, 3.63) is 24.0 Å². The second-order valence-electron chi connectivity index (χ2n) is 3.62. The maximum Gasteiger partial charge on any atom is 0.127 e. The summed E-state index contributed by atoms with van der Waals surface area (Å²) in [7, 11) is 0. The Balaban J connectivity index is 2.37. The number of anilines is 2. The SMILES string of the molecule is CC(C)OCCNc1cc(N)cc(F)c1. The molecular formula is C11H17FN2O. The normalized spacial score (nSPS) is 10.7. The van der Waals surface area contributed by atoms with Crippen molar-refractivity contribution in [3.63, 3.8) is 0 Å². The number of nitrogen functional groups attached to an aromatic ring is 1. The summed E-state index contributed by atoms with van der Waals surface area (Å²) in [5, 5.41) is 3.04. The first-order chi connectivity index (χ1) is 7.08. The van der Waals surface area contributed by atoms with Crippen LogP contribution in [0.15, 0.2) is 18.2 Å². The molecule has 0 aromatic heterocycles. The Hall–Kier alpha value is -1.29. The monoisotopic (exact) mass is 212 g/mol. The lowest BCUT2D eigenvalue weighted by atomic mass is 10.2. The fourth-order valence-corrected chi connectivity index (χ4v) is 1.20. The van der Waals surface area contributed by atoms with E-state index in [1.165, 1.54) is 12.1 Å². The van der Waals surface area contributed by atoms with Gasteiger partial charge in [0.2, 0.25) is 0 Å². The van der Waals surface area contributed by atoms with Gasteiger partial charge in [-0.15, -0.1) is 0 Å². The van der Waals surface area contributed by atoms with Crippen molar-refractivity contribution >= 4 is 11.4 Å². The zero-order valence-corrected chi connectivity index (χ0v) is 9.09. The summed E-state index contributed by atoms with van der Waals surface area (Å²) in [6.07, 6.45) is 0.212. The van der Waals surface area contributed by atoms with E-state index in [4.69, 9.17) is 10.5 Å². The predicted octanol–water partition coefficient (Wildman–Crippen LogP) is 2.24. The highest BCUT2D eigenvalue weighted by Gasteiger charge is 1.98. The van der Waals surface area contributed by atoms with E-state index in [1.807, 2.05) is 13.8 Å². The molecule has 0 aliphatic carbocycles. The lowest BCUT2D eigenvalue weighted by Gasteiger charge is -2.10. The molecule has 0 fully saturated rings. The number of nitrogens with one attached hydrogen (secondary N) is 1. The van der Waals surface area contributed by atoms with E-state index in [-0.39, 0.29) is 11.9 Å². The molecule has 0 saturated carbocycles. The Bertz CT molecular complexity index is 295. The van der Waals surface area contributed by atoms with Crippen LogP contribution in [0.5, 0.6) is 0 Å². The van der Waals surface area contributed by atoms with Crippen LogP contribution in [0.1, 0.15) is 13.8 Å². The molecule has 1 rings (SSSR count). The zero-order valence-electron chi connectivity index (χ0n) is 9.09. The Morgan fingerprint density at radius 3 is 2.73 bits per heavy atom. The third-order valence-electron chi connectivity index (χ3n) is 1.80. The van der Waals surface area contributed by atoms with Gasteiger partial charge in [-0.25, -0.2) is 4.39 Å². The molecule has 0 atom stereocenters. The maximum absolute atomic E-state index is 12.9. The molecule has 0 bridgehead atoms. The third-order valence-corrected chi connectivity index (χ3v) is 1.80. The summed E-state index contributed by atoms with van der Waals surface area (Å²) in [5.41, 5.74) is 6.60. The van der Waals surface area contributed by atoms with Crippen LogP contribution in [0.3, 0.4) is 0 Å². The summed E-state index contributed by atoms with van der Waals surface area (Å²) >= 11 is 0. The molecule has 0 unspecified atom stereocenters. The van der Waals surface area contributed by atoms with Gasteiger partial charge in [-0.2, -0.15) is 0 Å². The number of nitrogens with two attached hydrogens (primary N) is 1. The highest BCUT2D eigenvalue weighted by atomic mass is 19.1. The first kappa shape index (κ1) is 11.8. The number of rotatable bonds is 5. The van der Waals surface area contributed by atoms with Gasteiger partial charge in [0.1, 0.15) is 5.82 Å². The second kappa shape index (κ2) is 5.56. The molecule has 0 spiro atoms. The standard InChI is InChI=1S/C11H17FN2O/c1-8(2)15-4-3-14-11-6-9(12)5-10(13)7-11/h5-8,14H,3-4,13H2,1-2H3.